The first-order valence-corrected chi connectivity index (χ1v) is 10.3. The maximum Gasteiger partial charge on any atom is 0.393 e. The molecule has 0 bridgehead atoms. The number of aromatic nitrogens is 3. The molecule has 1 saturated heterocycles. The van der Waals surface area contributed by atoms with Gasteiger partial charge in [0.05, 0.1) is 11.6 Å². The minimum atomic E-state index is -4.37. The van der Waals surface area contributed by atoms with E-state index in [-0.39, 0.29) is 18.7 Å². The van der Waals surface area contributed by atoms with Gasteiger partial charge in [0, 0.05) is 43.0 Å². The molecule has 2 N–H and O–H groups in total. The molecule has 174 valence electrons. The summed E-state index contributed by atoms with van der Waals surface area (Å²) in [5, 5.41) is 5.95. The lowest BCUT2D eigenvalue weighted by Crippen LogP contribution is -2.35. The molecule has 2 amide bonds. The van der Waals surface area contributed by atoms with E-state index in [4.69, 9.17) is 0 Å². The number of carbonyl (C=O) groups excluding carboxylic acids is 1. The Bertz CT molecular complexity index is 1230. The Labute approximate surface area is 187 Å². The van der Waals surface area contributed by atoms with Gasteiger partial charge >= 0.3 is 12.2 Å². The highest BCUT2D eigenvalue weighted by Gasteiger charge is 2.44. The number of amides is 2. The summed E-state index contributed by atoms with van der Waals surface area (Å²) < 4.78 is 53.4. The Balaban J connectivity index is 1.64. The minimum absolute atomic E-state index is 0.0430. The van der Waals surface area contributed by atoms with Crippen molar-refractivity contribution in [2.45, 2.75) is 26.4 Å². The van der Waals surface area contributed by atoms with Gasteiger partial charge in [0.15, 0.2) is 5.65 Å². The number of nitrogens with zero attached hydrogens (tertiary/aromatic N) is 4. The van der Waals surface area contributed by atoms with Gasteiger partial charge in [-0.05, 0) is 49.6 Å². The second-order valence-electron chi connectivity index (χ2n) is 8.03. The van der Waals surface area contributed by atoms with Crippen LogP contribution in [0.3, 0.4) is 0 Å². The first-order chi connectivity index (χ1) is 15.6. The molecular weight excluding hydrogens is 440 g/mol. The monoisotopic (exact) mass is 462 g/mol. The summed E-state index contributed by atoms with van der Waals surface area (Å²) in [5.74, 6) is -1.82. The third kappa shape index (κ3) is 4.53. The molecule has 0 aliphatic carbocycles. The zero-order valence-electron chi connectivity index (χ0n) is 18.2. The lowest BCUT2D eigenvalue weighted by molar-refractivity contribution is -0.169. The van der Waals surface area contributed by atoms with Crippen molar-refractivity contribution in [3.63, 3.8) is 0 Å². The molecule has 33 heavy (non-hydrogen) atoms. The van der Waals surface area contributed by atoms with Gasteiger partial charge in [0.2, 0.25) is 5.95 Å². The summed E-state index contributed by atoms with van der Waals surface area (Å²) in [6.07, 6.45) is -2.91. The summed E-state index contributed by atoms with van der Waals surface area (Å²) >= 11 is 0. The van der Waals surface area contributed by atoms with Crippen LogP contribution in [0.2, 0.25) is 0 Å². The first kappa shape index (κ1) is 22.7. The average molecular weight is 462 g/mol. The van der Waals surface area contributed by atoms with E-state index in [0.717, 1.165) is 4.90 Å². The number of alkyl halides is 3. The molecule has 7 nitrogen and oxygen atoms in total. The molecule has 3 heterocycles. The number of halogens is 4. The standard InChI is InChI=1S/C22H22F4N6O/c1-11-6-17(23)18(30-21(33)32-5-4-14(10-32)22(24,25)26)8-15(11)16-7-13-9-28-20(27-3)31-19(13)29-12(16)2/h6-9,14H,4-5,10H2,1-3H3,(H,30,33)(H,27,28,29,31). The molecule has 3 aromatic rings. The highest BCUT2D eigenvalue weighted by atomic mass is 19.4. The van der Waals surface area contributed by atoms with Gasteiger partial charge in [-0.1, -0.05) is 0 Å². The predicted molar refractivity (Wildman–Crippen MR) is 117 cm³/mol. The number of anilines is 2. The number of benzene rings is 1. The third-order valence-corrected chi connectivity index (χ3v) is 5.77. The summed E-state index contributed by atoms with van der Waals surface area (Å²) in [7, 11) is 1.70. The average Bonchev–Trinajstić information content (AvgIpc) is 3.26. The van der Waals surface area contributed by atoms with E-state index in [1.807, 2.05) is 6.07 Å². The number of likely N-dealkylation sites (tertiary alicyclic amines) is 1. The SMILES string of the molecule is CNc1ncc2cc(-c3cc(NC(=O)N4CCC(C(F)(F)F)C4)c(F)cc3C)c(C)nc2n1. The van der Waals surface area contributed by atoms with Crippen LogP contribution < -0.4 is 10.6 Å². The zero-order chi connectivity index (χ0) is 23.9. The van der Waals surface area contributed by atoms with Crippen molar-refractivity contribution in [1.29, 1.82) is 0 Å². The predicted octanol–water partition coefficient (Wildman–Crippen LogP) is 4.91. The highest BCUT2D eigenvalue weighted by Crippen LogP contribution is 2.35. The fourth-order valence-corrected chi connectivity index (χ4v) is 3.91. The minimum Gasteiger partial charge on any atom is -0.357 e. The van der Waals surface area contributed by atoms with Crippen molar-refractivity contribution in [3.8, 4) is 11.1 Å². The van der Waals surface area contributed by atoms with Gasteiger partial charge in [0.1, 0.15) is 5.82 Å². The molecule has 1 unspecified atom stereocenters. The second kappa shape index (κ2) is 8.45. The van der Waals surface area contributed by atoms with E-state index in [0.29, 0.717) is 39.4 Å². The van der Waals surface area contributed by atoms with E-state index in [1.54, 1.807) is 27.1 Å². The Hall–Kier alpha value is -3.50. The van der Waals surface area contributed by atoms with Crippen molar-refractivity contribution in [1.82, 2.24) is 19.9 Å². The van der Waals surface area contributed by atoms with E-state index in [9.17, 15) is 22.4 Å². The molecule has 11 heteroatoms. The molecule has 1 aromatic carbocycles. The van der Waals surface area contributed by atoms with Crippen LogP contribution in [-0.4, -0.2) is 52.2 Å². The fraction of sp³-hybridized carbons (Fsp3) is 0.364. The highest BCUT2D eigenvalue weighted by molar-refractivity contribution is 5.91. The van der Waals surface area contributed by atoms with Crippen LogP contribution in [0.15, 0.2) is 24.4 Å². The second-order valence-corrected chi connectivity index (χ2v) is 8.03. The summed E-state index contributed by atoms with van der Waals surface area (Å²) in [6.45, 7) is 3.03. The molecule has 1 aliphatic heterocycles. The molecule has 0 saturated carbocycles. The summed E-state index contributed by atoms with van der Waals surface area (Å²) in [5.41, 5.74) is 2.97. The van der Waals surface area contributed by atoms with E-state index in [2.05, 4.69) is 25.6 Å². The van der Waals surface area contributed by atoms with Crippen molar-refractivity contribution >= 4 is 28.7 Å². The Morgan fingerprint density at radius 1 is 1.15 bits per heavy atom. The molecule has 4 rings (SSSR count). The number of rotatable bonds is 3. The van der Waals surface area contributed by atoms with Crippen molar-refractivity contribution in [2.24, 2.45) is 5.92 Å². The normalized spacial score (nSPS) is 16.3. The van der Waals surface area contributed by atoms with Gasteiger partial charge in [-0.3, -0.25) is 0 Å². The van der Waals surface area contributed by atoms with Gasteiger partial charge in [-0.25, -0.2) is 19.2 Å². The number of fused-ring (bicyclic) bond motifs is 1. The van der Waals surface area contributed by atoms with Crippen LogP contribution in [-0.2, 0) is 0 Å². The molecular formula is C22H22F4N6O. The smallest absolute Gasteiger partial charge is 0.357 e. The summed E-state index contributed by atoms with van der Waals surface area (Å²) in [4.78, 5) is 26.6. The number of urea groups is 1. The Morgan fingerprint density at radius 3 is 2.58 bits per heavy atom. The number of hydrogen-bond acceptors (Lipinski definition) is 5. The Morgan fingerprint density at radius 2 is 1.91 bits per heavy atom. The molecule has 0 radical (unpaired) electrons. The van der Waals surface area contributed by atoms with Crippen LogP contribution in [0.4, 0.5) is 34.0 Å². The fourth-order valence-electron chi connectivity index (χ4n) is 3.91. The van der Waals surface area contributed by atoms with E-state index in [1.165, 1.54) is 12.1 Å². The van der Waals surface area contributed by atoms with Crippen LogP contribution in [0.5, 0.6) is 0 Å². The lowest BCUT2D eigenvalue weighted by Gasteiger charge is -2.20. The largest absolute Gasteiger partial charge is 0.393 e. The Kier molecular flexibility index (Phi) is 5.81. The maximum atomic E-state index is 14.6. The molecule has 1 fully saturated rings. The van der Waals surface area contributed by atoms with E-state index >= 15 is 0 Å². The lowest BCUT2D eigenvalue weighted by atomic mass is 9.97. The van der Waals surface area contributed by atoms with Gasteiger partial charge in [0.25, 0.3) is 0 Å². The molecule has 1 atom stereocenters. The number of nitrogens with one attached hydrogen (secondary N) is 2. The quantitative estimate of drug-likeness (QED) is 0.541. The van der Waals surface area contributed by atoms with Crippen LogP contribution in [0.25, 0.3) is 22.2 Å². The first-order valence-electron chi connectivity index (χ1n) is 10.3. The van der Waals surface area contributed by atoms with E-state index < -0.39 is 30.5 Å². The van der Waals surface area contributed by atoms with Crippen molar-refractivity contribution in [2.75, 3.05) is 30.8 Å². The van der Waals surface area contributed by atoms with Crippen molar-refractivity contribution < 1.29 is 22.4 Å². The van der Waals surface area contributed by atoms with Gasteiger partial charge in [-0.2, -0.15) is 18.2 Å². The molecule has 0 spiro atoms. The number of hydrogen-bond donors (Lipinski definition) is 2. The van der Waals surface area contributed by atoms with Crippen LogP contribution >= 0.6 is 0 Å². The van der Waals surface area contributed by atoms with Crippen LogP contribution in [0, 0.1) is 25.6 Å². The van der Waals surface area contributed by atoms with Gasteiger partial charge < -0.3 is 15.5 Å². The number of pyridine rings is 1. The number of carbonyl (C=O) groups is 1. The zero-order valence-corrected chi connectivity index (χ0v) is 18.2. The molecule has 2 aromatic heterocycles. The molecule has 1 aliphatic rings. The van der Waals surface area contributed by atoms with Crippen LogP contribution in [0.1, 0.15) is 17.7 Å². The maximum absolute atomic E-state index is 14.6. The topological polar surface area (TPSA) is 83.0 Å². The summed E-state index contributed by atoms with van der Waals surface area (Å²) in [6, 6.07) is 3.81. The van der Waals surface area contributed by atoms with Gasteiger partial charge in [-0.15, -0.1) is 0 Å². The van der Waals surface area contributed by atoms with Crippen molar-refractivity contribution in [3.05, 3.63) is 41.5 Å². The number of aryl methyl sites for hydroxylation is 2. The third-order valence-electron chi connectivity index (χ3n) is 5.77.